The Kier molecular flexibility index (Phi) is 10.9. The molecule has 7 heteroatoms. The number of aliphatic hydroxyl groups is 1. The normalized spacial score (nSPS) is 11.6. The Bertz CT molecular complexity index is 856. The van der Waals surface area contributed by atoms with Crippen LogP contribution in [0.3, 0.4) is 0 Å². The molecule has 0 spiro atoms. The number of aliphatic hydroxyl groups excluding tert-OH is 1. The van der Waals surface area contributed by atoms with E-state index < -0.39 is 11.6 Å². The summed E-state index contributed by atoms with van der Waals surface area (Å²) in [6, 6.07) is 15.7. The highest BCUT2D eigenvalue weighted by atomic mass is 16.5. The molecule has 0 aliphatic carbocycles. The summed E-state index contributed by atoms with van der Waals surface area (Å²) in [5.74, 6) is 0.776. The first-order valence-corrected chi connectivity index (χ1v) is 11.1. The third-order valence-corrected chi connectivity index (χ3v) is 4.81. The van der Waals surface area contributed by atoms with Crippen molar-refractivity contribution >= 4 is 18.2 Å². The fourth-order valence-corrected chi connectivity index (χ4v) is 2.98. The molecule has 0 aliphatic rings. The molecule has 1 amide bonds. The van der Waals surface area contributed by atoms with Gasteiger partial charge in [-0.1, -0.05) is 48.6 Å². The van der Waals surface area contributed by atoms with Crippen molar-refractivity contribution in [2.45, 2.75) is 32.9 Å². The molecular formula is C26H35NO6. The van der Waals surface area contributed by atoms with Gasteiger partial charge in [0.05, 0.1) is 33.0 Å². The summed E-state index contributed by atoms with van der Waals surface area (Å²) in [5.41, 5.74) is 2.58. The summed E-state index contributed by atoms with van der Waals surface area (Å²) < 4.78 is 16.2. The van der Waals surface area contributed by atoms with E-state index >= 15 is 0 Å². The van der Waals surface area contributed by atoms with Gasteiger partial charge in [-0.15, -0.1) is 0 Å². The Labute approximate surface area is 196 Å². The first-order valence-electron chi connectivity index (χ1n) is 11.1. The largest absolute Gasteiger partial charge is 0.491 e. The van der Waals surface area contributed by atoms with E-state index in [9.17, 15) is 9.90 Å². The van der Waals surface area contributed by atoms with Crippen molar-refractivity contribution in [3.05, 3.63) is 65.2 Å². The first-order chi connectivity index (χ1) is 15.8. The lowest BCUT2D eigenvalue weighted by atomic mass is 10.0. The standard InChI is InChI=1S/C26H35NO6/c1-26(2,3)27(25(29)30)20-23-8-6-21(7-9-23)4-5-22-10-12-24(13-11-22)33-19-18-32-17-16-31-15-14-28/h4-13,28H,14-20H2,1-3H3,(H,29,30)/b5-4+. The Morgan fingerprint density at radius 3 is 1.88 bits per heavy atom. The number of carbonyl (C=O) groups is 1. The van der Waals surface area contributed by atoms with Crippen molar-refractivity contribution in [3.8, 4) is 5.75 Å². The molecule has 0 fully saturated rings. The summed E-state index contributed by atoms with van der Waals surface area (Å²) in [6.45, 7) is 8.23. The van der Waals surface area contributed by atoms with E-state index in [0.29, 0.717) is 39.6 Å². The maximum absolute atomic E-state index is 11.5. The zero-order chi connectivity index (χ0) is 24.1. The van der Waals surface area contributed by atoms with Crippen molar-refractivity contribution in [2.75, 3.05) is 39.6 Å². The monoisotopic (exact) mass is 457 g/mol. The molecule has 0 aromatic heterocycles. The van der Waals surface area contributed by atoms with E-state index in [1.54, 1.807) is 0 Å². The van der Waals surface area contributed by atoms with E-state index in [1.807, 2.05) is 81.5 Å². The van der Waals surface area contributed by atoms with Gasteiger partial charge >= 0.3 is 6.09 Å². The van der Waals surface area contributed by atoms with Crippen LogP contribution in [0.25, 0.3) is 12.2 Å². The lowest BCUT2D eigenvalue weighted by molar-refractivity contribution is 0.0247. The number of benzene rings is 2. The maximum Gasteiger partial charge on any atom is 0.408 e. The SMILES string of the molecule is CC(C)(C)N(Cc1ccc(/C=C/c2ccc(OCCOCCOCCO)cc2)cc1)C(=O)O. The average Bonchev–Trinajstić information content (AvgIpc) is 2.78. The molecular weight excluding hydrogens is 422 g/mol. The highest BCUT2D eigenvalue weighted by Crippen LogP contribution is 2.19. The minimum Gasteiger partial charge on any atom is -0.491 e. The van der Waals surface area contributed by atoms with Gasteiger partial charge in [0.25, 0.3) is 0 Å². The fraction of sp³-hybridized carbons (Fsp3) is 0.423. The molecule has 2 aromatic carbocycles. The Hall–Kier alpha value is -2.87. The van der Waals surface area contributed by atoms with Crippen LogP contribution in [-0.4, -0.2) is 66.4 Å². The minimum absolute atomic E-state index is 0.0195. The molecule has 0 heterocycles. The second-order valence-corrected chi connectivity index (χ2v) is 8.48. The van der Waals surface area contributed by atoms with Crippen molar-refractivity contribution in [1.82, 2.24) is 4.90 Å². The van der Waals surface area contributed by atoms with Crippen LogP contribution in [0.15, 0.2) is 48.5 Å². The zero-order valence-corrected chi connectivity index (χ0v) is 19.7. The second-order valence-electron chi connectivity index (χ2n) is 8.48. The second kappa shape index (κ2) is 13.6. The highest BCUT2D eigenvalue weighted by molar-refractivity contribution is 5.70. The molecule has 0 aliphatic heterocycles. The van der Waals surface area contributed by atoms with E-state index in [0.717, 1.165) is 22.4 Å². The van der Waals surface area contributed by atoms with E-state index in [2.05, 4.69) is 0 Å². The van der Waals surface area contributed by atoms with Crippen LogP contribution in [0.1, 0.15) is 37.5 Å². The van der Waals surface area contributed by atoms with Crippen LogP contribution in [0.5, 0.6) is 5.75 Å². The smallest absolute Gasteiger partial charge is 0.408 e. The van der Waals surface area contributed by atoms with E-state index in [4.69, 9.17) is 19.3 Å². The van der Waals surface area contributed by atoms with Gasteiger partial charge in [-0.25, -0.2) is 4.79 Å². The molecule has 0 bridgehead atoms. The number of nitrogens with zero attached hydrogens (tertiary/aromatic N) is 1. The zero-order valence-electron chi connectivity index (χ0n) is 19.7. The molecule has 7 nitrogen and oxygen atoms in total. The van der Waals surface area contributed by atoms with Gasteiger partial charge in [-0.3, -0.25) is 4.90 Å². The first kappa shape index (κ1) is 26.4. The maximum atomic E-state index is 11.5. The molecule has 33 heavy (non-hydrogen) atoms. The summed E-state index contributed by atoms with van der Waals surface area (Å²) in [4.78, 5) is 13.0. The van der Waals surface area contributed by atoms with Gasteiger partial charge in [-0.2, -0.15) is 0 Å². The molecule has 0 radical (unpaired) electrons. The van der Waals surface area contributed by atoms with Gasteiger partial charge in [0.1, 0.15) is 12.4 Å². The molecule has 0 saturated heterocycles. The third kappa shape index (κ3) is 10.1. The van der Waals surface area contributed by atoms with E-state index in [1.165, 1.54) is 4.90 Å². The van der Waals surface area contributed by atoms with Gasteiger partial charge in [0.15, 0.2) is 0 Å². The summed E-state index contributed by atoms with van der Waals surface area (Å²) in [5, 5.41) is 18.1. The number of amides is 1. The Morgan fingerprint density at radius 1 is 0.848 bits per heavy atom. The van der Waals surface area contributed by atoms with Crippen molar-refractivity contribution in [3.63, 3.8) is 0 Å². The molecule has 2 rings (SSSR count). The predicted molar refractivity (Wildman–Crippen MR) is 129 cm³/mol. The topological polar surface area (TPSA) is 88.5 Å². The summed E-state index contributed by atoms with van der Waals surface area (Å²) in [7, 11) is 0. The number of carboxylic acid groups (broad SMARTS) is 1. The fourth-order valence-electron chi connectivity index (χ4n) is 2.98. The van der Waals surface area contributed by atoms with Crippen LogP contribution in [0.4, 0.5) is 4.79 Å². The number of rotatable bonds is 13. The molecule has 2 N–H and O–H groups in total. The van der Waals surface area contributed by atoms with Crippen LogP contribution < -0.4 is 4.74 Å². The van der Waals surface area contributed by atoms with Crippen molar-refractivity contribution in [1.29, 1.82) is 0 Å². The third-order valence-electron chi connectivity index (χ3n) is 4.81. The molecule has 0 saturated carbocycles. The summed E-state index contributed by atoms with van der Waals surface area (Å²) >= 11 is 0. The van der Waals surface area contributed by atoms with Crippen molar-refractivity contribution < 1.29 is 29.2 Å². The van der Waals surface area contributed by atoms with Crippen LogP contribution in [0.2, 0.25) is 0 Å². The average molecular weight is 458 g/mol. The summed E-state index contributed by atoms with van der Waals surface area (Å²) in [6.07, 6.45) is 3.12. The van der Waals surface area contributed by atoms with Gasteiger partial charge in [0.2, 0.25) is 0 Å². The quantitative estimate of drug-likeness (QED) is 0.339. The number of hydrogen-bond donors (Lipinski definition) is 2. The van der Waals surface area contributed by atoms with E-state index in [-0.39, 0.29) is 6.61 Å². The van der Waals surface area contributed by atoms with Crippen LogP contribution >= 0.6 is 0 Å². The van der Waals surface area contributed by atoms with Gasteiger partial charge < -0.3 is 24.4 Å². The predicted octanol–water partition coefficient (Wildman–Crippen LogP) is 4.54. The van der Waals surface area contributed by atoms with Crippen molar-refractivity contribution in [2.24, 2.45) is 0 Å². The molecule has 180 valence electrons. The number of ether oxygens (including phenoxy) is 3. The molecule has 0 unspecified atom stereocenters. The number of hydrogen-bond acceptors (Lipinski definition) is 5. The molecule has 0 atom stereocenters. The van der Waals surface area contributed by atoms with Crippen LogP contribution in [0, 0.1) is 0 Å². The molecule has 2 aromatic rings. The highest BCUT2D eigenvalue weighted by Gasteiger charge is 2.25. The Balaban J connectivity index is 1.78. The van der Waals surface area contributed by atoms with Gasteiger partial charge in [-0.05, 0) is 49.6 Å². The lowest BCUT2D eigenvalue weighted by Crippen LogP contribution is -2.44. The van der Waals surface area contributed by atoms with Gasteiger partial charge in [0, 0.05) is 12.1 Å². The minimum atomic E-state index is -0.921. The lowest BCUT2D eigenvalue weighted by Gasteiger charge is -2.33. The Morgan fingerprint density at radius 2 is 1.36 bits per heavy atom. The van der Waals surface area contributed by atoms with Crippen LogP contribution in [-0.2, 0) is 16.0 Å².